The standard InChI is InChI=1S/C31H35N3O5S/c1-18(2)15-25(35)32-26(19(3)4)31(36)39-29-22(37-5)16-21(17-23(29)38-6)30-33-27(20-11-8-7-9-12-20)28(34-30)24-13-10-14-40-24/h7-14,16-19,26H,15H2,1-6H3,(H,32,35)(H,33,34). The second kappa shape index (κ2) is 12.8. The largest absolute Gasteiger partial charge is 0.493 e. The van der Waals surface area contributed by atoms with Gasteiger partial charge in [0.2, 0.25) is 11.7 Å². The van der Waals surface area contributed by atoms with Crippen LogP contribution in [0.2, 0.25) is 0 Å². The number of imidazole rings is 1. The maximum absolute atomic E-state index is 13.2. The fraction of sp³-hybridized carbons (Fsp3) is 0.323. The van der Waals surface area contributed by atoms with Gasteiger partial charge in [-0.3, -0.25) is 4.79 Å². The van der Waals surface area contributed by atoms with Crippen molar-refractivity contribution in [1.82, 2.24) is 15.3 Å². The molecule has 40 heavy (non-hydrogen) atoms. The predicted molar refractivity (Wildman–Crippen MR) is 158 cm³/mol. The van der Waals surface area contributed by atoms with Crippen molar-refractivity contribution in [2.75, 3.05) is 14.2 Å². The third-order valence-corrected chi connectivity index (χ3v) is 7.17. The molecule has 0 saturated carbocycles. The maximum Gasteiger partial charge on any atom is 0.334 e. The monoisotopic (exact) mass is 561 g/mol. The Morgan fingerprint density at radius 2 is 1.62 bits per heavy atom. The number of rotatable bonds is 11. The number of aromatic amines is 1. The van der Waals surface area contributed by atoms with Gasteiger partial charge >= 0.3 is 5.97 Å². The molecule has 0 radical (unpaired) electrons. The number of nitrogens with zero attached hydrogens (tertiary/aromatic N) is 1. The van der Waals surface area contributed by atoms with Crippen molar-refractivity contribution in [3.05, 3.63) is 60.0 Å². The molecule has 1 atom stereocenters. The number of benzene rings is 2. The van der Waals surface area contributed by atoms with Crippen molar-refractivity contribution in [2.45, 2.75) is 40.2 Å². The minimum Gasteiger partial charge on any atom is -0.493 e. The van der Waals surface area contributed by atoms with E-state index >= 15 is 0 Å². The zero-order valence-corrected chi connectivity index (χ0v) is 24.4. The van der Waals surface area contributed by atoms with E-state index in [0.717, 1.165) is 21.8 Å². The van der Waals surface area contributed by atoms with Crippen LogP contribution >= 0.6 is 11.3 Å². The number of aromatic nitrogens is 2. The Morgan fingerprint density at radius 1 is 0.950 bits per heavy atom. The molecule has 2 N–H and O–H groups in total. The smallest absolute Gasteiger partial charge is 0.334 e. The molecule has 0 spiro atoms. The van der Waals surface area contributed by atoms with E-state index in [9.17, 15) is 9.59 Å². The number of esters is 1. The summed E-state index contributed by atoms with van der Waals surface area (Å²) in [6, 6.07) is 16.7. The molecule has 2 aromatic heterocycles. The van der Waals surface area contributed by atoms with E-state index in [0.29, 0.717) is 29.3 Å². The second-order valence-corrected chi connectivity index (χ2v) is 11.1. The third kappa shape index (κ3) is 6.54. The average molecular weight is 562 g/mol. The zero-order valence-electron chi connectivity index (χ0n) is 23.6. The molecular weight excluding hydrogens is 526 g/mol. The molecule has 8 nitrogen and oxygen atoms in total. The molecule has 0 saturated heterocycles. The van der Waals surface area contributed by atoms with Gasteiger partial charge in [0.1, 0.15) is 11.9 Å². The Bertz CT molecular complexity index is 1420. The van der Waals surface area contributed by atoms with Crippen molar-refractivity contribution < 1.29 is 23.8 Å². The van der Waals surface area contributed by atoms with Crippen LogP contribution in [-0.2, 0) is 9.59 Å². The van der Waals surface area contributed by atoms with Crippen LogP contribution in [0.4, 0.5) is 0 Å². The number of carbonyl (C=O) groups is 2. The van der Waals surface area contributed by atoms with Crippen LogP contribution in [0.1, 0.15) is 34.1 Å². The number of H-pyrrole nitrogens is 1. The fourth-order valence-corrected chi connectivity index (χ4v) is 5.02. The lowest BCUT2D eigenvalue weighted by Crippen LogP contribution is -2.46. The first kappa shape index (κ1) is 28.9. The van der Waals surface area contributed by atoms with Crippen LogP contribution < -0.4 is 19.5 Å². The minimum atomic E-state index is -0.827. The summed E-state index contributed by atoms with van der Waals surface area (Å²) in [4.78, 5) is 35.1. The van der Waals surface area contributed by atoms with Crippen LogP contribution in [0.5, 0.6) is 17.2 Å². The predicted octanol–water partition coefficient (Wildman–Crippen LogP) is 6.58. The van der Waals surface area contributed by atoms with Gasteiger partial charge in [-0.2, -0.15) is 0 Å². The molecule has 2 heterocycles. The van der Waals surface area contributed by atoms with E-state index in [4.69, 9.17) is 19.2 Å². The highest BCUT2D eigenvalue weighted by Gasteiger charge is 2.29. The SMILES string of the molecule is COc1cc(-c2nc(-c3ccccc3)c(-c3cccs3)[nH]2)cc(OC)c1OC(=O)C(NC(=O)CC(C)C)C(C)C. The fourth-order valence-electron chi connectivity index (χ4n) is 4.30. The van der Waals surface area contributed by atoms with Crippen molar-refractivity contribution in [3.63, 3.8) is 0 Å². The van der Waals surface area contributed by atoms with Gasteiger partial charge in [0.15, 0.2) is 11.5 Å². The van der Waals surface area contributed by atoms with Crippen molar-refractivity contribution >= 4 is 23.2 Å². The lowest BCUT2D eigenvalue weighted by atomic mass is 10.0. The minimum absolute atomic E-state index is 0.135. The summed E-state index contributed by atoms with van der Waals surface area (Å²) in [5.41, 5.74) is 3.40. The van der Waals surface area contributed by atoms with E-state index in [1.807, 2.05) is 75.5 Å². The highest BCUT2D eigenvalue weighted by Crippen LogP contribution is 2.43. The van der Waals surface area contributed by atoms with Crippen LogP contribution in [0.15, 0.2) is 60.0 Å². The molecule has 0 aliphatic heterocycles. The molecule has 4 rings (SSSR count). The summed E-state index contributed by atoms with van der Waals surface area (Å²) >= 11 is 1.62. The molecule has 0 bridgehead atoms. The number of nitrogens with one attached hydrogen (secondary N) is 2. The molecular formula is C31H35N3O5S. The second-order valence-electron chi connectivity index (χ2n) is 10.2. The third-order valence-electron chi connectivity index (χ3n) is 6.29. The summed E-state index contributed by atoms with van der Waals surface area (Å²) in [6.07, 6.45) is 0.319. The molecule has 210 valence electrons. The Morgan fingerprint density at radius 3 is 2.17 bits per heavy atom. The van der Waals surface area contributed by atoms with Gasteiger partial charge in [0.05, 0.1) is 30.5 Å². The molecule has 2 aromatic carbocycles. The van der Waals surface area contributed by atoms with Crippen molar-refractivity contribution in [1.29, 1.82) is 0 Å². The Kier molecular flexibility index (Phi) is 9.26. The van der Waals surface area contributed by atoms with Gasteiger partial charge in [-0.25, -0.2) is 9.78 Å². The van der Waals surface area contributed by atoms with Crippen LogP contribution in [0, 0.1) is 11.8 Å². The van der Waals surface area contributed by atoms with Gasteiger partial charge in [-0.15, -0.1) is 11.3 Å². The Balaban J connectivity index is 1.70. The number of hydrogen-bond acceptors (Lipinski definition) is 7. The number of hydrogen-bond donors (Lipinski definition) is 2. The van der Waals surface area contributed by atoms with Gasteiger partial charge in [-0.1, -0.05) is 64.1 Å². The summed E-state index contributed by atoms with van der Waals surface area (Å²) in [6.45, 7) is 7.60. The first-order valence-electron chi connectivity index (χ1n) is 13.2. The molecule has 0 fully saturated rings. The number of amides is 1. The van der Waals surface area contributed by atoms with Gasteiger partial charge in [0.25, 0.3) is 0 Å². The van der Waals surface area contributed by atoms with Crippen molar-refractivity contribution in [3.8, 4) is 50.5 Å². The lowest BCUT2D eigenvalue weighted by Gasteiger charge is -2.22. The van der Waals surface area contributed by atoms with E-state index in [1.54, 1.807) is 23.5 Å². The molecule has 0 aliphatic rings. The molecule has 1 amide bonds. The maximum atomic E-state index is 13.2. The number of methoxy groups -OCH3 is 2. The van der Waals surface area contributed by atoms with E-state index in [1.165, 1.54) is 14.2 Å². The highest BCUT2D eigenvalue weighted by atomic mass is 32.1. The molecule has 1 unspecified atom stereocenters. The quantitative estimate of drug-likeness (QED) is 0.158. The lowest BCUT2D eigenvalue weighted by molar-refractivity contribution is -0.141. The Hall–Kier alpha value is -4.11. The number of thiophene rings is 1. The average Bonchev–Trinajstić information content (AvgIpc) is 3.62. The van der Waals surface area contributed by atoms with E-state index in [2.05, 4.69) is 10.3 Å². The molecule has 9 heteroatoms. The summed E-state index contributed by atoms with van der Waals surface area (Å²) in [5.74, 6) is 0.530. The number of carbonyl (C=O) groups excluding carboxylic acids is 2. The van der Waals surface area contributed by atoms with Crippen LogP contribution in [0.3, 0.4) is 0 Å². The summed E-state index contributed by atoms with van der Waals surface area (Å²) in [5, 5.41) is 4.83. The molecule has 0 aliphatic carbocycles. The Labute approximate surface area is 238 Å². The van der Waals surface area contributed by atoms with Gasteiger partial charge in [-0.05, 0) is 35.4 Å². The highest BCUT2D eigenvalue weighted by molar-refractivity contribution is 7.13. The van der Waals surface area contributed by atoms with Crippen molar-refractivity contribution in [2.24, 2.45) is 11.8 Å². The first-order valence-corrected chi connectivity index (χ1v) is 14.1. The van der Waals surface area contributed by atoms with Crippen LogP contribution in [-0.4, -0.2) is 42.1 Å². The normalized spacial score (nSPS) is 11.9. The number of ether oxygens (including phenoxy) is 3. The summed E-state index contributed by atoms with van der Waals surface area (Å²) in [7, 11) is 2.99. The zero-order chi connectivity index (χ0) is 28.8. The van der Waals surface area contributed by atoms with E-state index < -0.39 is 12.0 Å². The van der Waals surface area contributed by atoms with Gasteiger partial charge in [0, 0.05) is 17.5 Å². The van der Waals surface area contributed by atoms with E-state index in [-0.39, 0.29) is 23.5 Å². The topological polar surface area (TPSA) is 103 Å². The molecule has 4 aromatic rings. The van der Waals surface area contributed by atoms with Crippen LogP contribution in [0.25, 0.3) is 33.2 Å². The van der Waals surface area contributed by atoms with Gasteiger partial charge < -0.3 is 24.5 Å². The first-order chi connectivity index (χ1) is 19.2. The summed E-state index contributed by atoms with van der Waals surface area (Å²) < 4.78 is 17.1.